The van der Waals surface area contributed by atoms with Gasteiger partial charge in [-0.25, -0.2) is 0 Å². The zero-order valence-electron chi connectivity index (χ0n) is 10.1. The second-order valence-electron chi connectivity index (χ2n) is 4.11. The van der Waals surface area contributed by atoms with Crippen molar-refractivity contribution in [2.75, 3.05) is 13.2 Å². The van der Waals surface area contributed by atoms with Crippen molar-refractivity contribution in [1.82, 2.24) is 4.98 Å². The average Bonchev–Trinajstić information content (AvgIpc) is 2.45. The van der Waals surface area contributed by atoms with Crippen LogP contribution in [0.15, 0.2) is 46.0 Å². The van der Waals surface area contributed by atoms with Gasteiger partial charge in [0.1, 0.15) is 13.2 Å². The van der Waals surface area contributed by atoms with Gasteiger partial charge in [0.05, 0.1) is 0 Å². The number of hydrogen-bond donors (Lipinski definition) is 0. The fourth-order valence-electron chi connectivity index (χ4n) is 1.81. The molecule has 0 saturated carbocycles. The Hall–Kier alpha value is -1.20. The third-order valence-corrected chi connectivity index (χ3v) is 4.18. The van der Waals surface area contributed by atoms with E-state index < -0.39 is 0 Å². The van der Waals surface area contributed by atoms with E-state index in [4.69, 9.17) is 9.47 Å². The van der Waals surface area contributed by atoms with Gasteiger partial charge < -0.3 is 9.47 Å². The zero-order chi connectivity index (χ0) is 13.1. The minimum absolute atomic E-state index is 0.622. The van der Waals surface area contributed by atoms with Crippen molar-refractivity contribution in [3.63, 3.8) is 0 Å². The van der Waals surface area contributed by atoms with Crippen LogP contribution in [-0.4, -0.2) is 18.2 Å². The van der Waals surface area contributed by atoms with E-state index in [-0.39, 0.29) is 0 Å². The Bertz CT molecular complexity index is 591. The fourth-order valence-corrected chi connectivity index (χ4v) is 3.07. The van der Waals surface area contributed by atoms with Crippen LogP contribution in [0.2, 0.25) is 0 Å². The summed E-state index contributed by atoms with van der Waals surface area (Å²) in [5.41, 5.74) is 1.19. The molecule has 0 saturated heterocycles. The number of thioether (sulfide) groups is 1. The number of hydrogen-bond acceptors (Lipinski definition) is 4. The third-order valence-electron chi connectivity index (χ3n) is 2.68. The van der Waals surface area contributed by atoms with Crippen molar-refractivity contribution in [3.8, 4) is 11.5 Å². The standard InChI is InChI=1S/C14H12BrNO2S/c15-11-5-10(7-16-8-11)9-19-12-1-2-13-14(6-12)18-4-3-17-13/h1-2,5-8H,3-4,9H2. The molecular weight excluding hydrogens is 326 g/mol. The number of fused-ring (bicyclic) bond motifs is 1. The van der Waals surface area contributed by atoms with Gasteiger partial charge in [0.2, 0.25) is 0 Å². The highest BCUT2D eigenvalue weighted by molar-refractivity contribution is 9.10. The molecule has 98 valence electrons. The van der Waals surface area contributed by atoms with Crippen molar-refractivity contribution < 1.29 is 9.47 Å². The summed E-state index contributed by atoms with van der Waals surface area (Å²) in [6, 6.07) is 8.14. The largest absolute Gasteiger partial charge is 0.486 e. The van der Waals surface area contributed by atoms with Crippen molar-refractivity contribution in [2.45, 2.75) is 10.6 Å². The van der Waals surface area contributed by atoms with Crippen LogP contribution in [-0.2, 0) is 5.75 Å². The molecule has 0 radical (unpaired) electrons. The van der Waals surface area contributed by atoms with Gasteiger partial charge in [0.15, 0.2) is 11.5 Å². The number of pyridine rings is 1. The molecule has 1 aliphatic heterocycles. The highest BCUT2D eigenvalue weighted by atomic mass is 79.9. The molecule has 0 N–H and O–H groups in total. The second-order valence-corrected chi connectivity index (χ2v) is 6.07. The van der Waals surface area contributed by atoms with E-state index in [1.165, 1.54) is 10.5 Å². The Balaban J connectivity index is 1.70. The summed E-state index contributed by atoms with van der Waals surface area (Å²) >= 11 is 5.19. The maximum atomic E-state index is 5.58. The maximum Gasteiger partial charge on any atom is 0.162 e. The van der Waals surface area contributed by atoms with Crippen LogP contribution in [0.3, 0.4) is 0 Å². The first-order chi connectivity index (χ1) is 9.31. The zero-order valence-corrected chi connectivity index (χ0v) is 12.5. The summed E-state index contributed by atoms with van der Waals surface area (Å²) in [4.78, 5) is 5.33. The molecule has 0 spiro atoms. The van der Waals surface area contributed by atoms with Crippen LogP contribution >= 0.6 is 27.7 Å². The van der Waals surface area contributed by atoms with Gasteiger partial charge in [-0.2, -0.15) is 0 Å². The monoisotopic (exact) mass is 337 g/mol. The summed E-state index contributed by atoms with van der Waals surface area (Å²) in [5, 5.41) is 0. The minimum atomic E-state index is 0.622. The van der Waals surface area contributed by atoms with Gasteiger partial charge in [0, 0.05) is 27.5 Å². The van der Waals surface area contributed by atoms with Gasteiger partial charge in [-0.15, -0.1) is 11.8 Å². The lowest BCUT2D eigenvalue weighted by Crippen LogP contribution is -2.15. The third kappa shape index (κ3) is 3.22. The van der Waals surface area contributed by atoms with Gasteiger partial charge in [-0.3, -0.25) is 4.98 Å². The van der Waals surface area contributed by atoms with E-state index in [0.29, 0.717) is 13.2 Å². The molecule has 5 heteroatoms. The Labute approximate surface area is 124 Å². The summed E-state index contributed by atoms with van der Waals surface area (Å²) in [5.74, 6) is 2.55. The van der Waals surface area contributed by atoms with Crippen molar-refractivity contribution in [3.05, 3.63) is 46.7 Å². The molecule has 1 aliphatic rings. The molecule has 2 aromatic rings. The Morgan fingerprint density at radius 2 is 1.95 bits per heavy atom. The Morgan fingerprint density at radius 1 is 1.11 bits per heavy atom. The lowest BCUT2D eigenvalue weighted by molar-refractivity contribution is 0.171. The molecule has 0 unspecified atom stereocenters. The summed E-state index contributed by atoms with van der Waals surface area (Å²) < 4.78 is 12.1. The molecule has 1 aromatic heterocycles. The highest BCUT2D eigenvalue weighted by Crippen LogP contribution is 2.35. The topological polar surface area (TPSA) is 31.4 Å². The van der Waals surface area contributed by atoms with E-state index in [1.807, 2.05) is 18.3 Å². The van der Waals surface area contributed by atoms with E-state index in [0.717, 1.165) is 21.7 Å². The molecule has 0 aliphatic carbocycles. The van der Waals surface area contributed by atoms with E-state index >= 15 is 0 Å². The normalized spacial score (nSPS) is 13.3. The molecule has 1 aromatic carbocycles. The SMILES string of the molecule is Brc1cncc(CSc2ccc3c(c2)OCCO3)c1. The van der Waals surface area contributed by atoms with Crippen molar-refractivity contribution in [1.29, 1.82) is 0 Å². The lowest BCUT2D eigenvalue weighted by Gasteiger charge is -2.18. The molecule has 0 atom stereocenters. The number of nitrogens with zero attached hydrogens (tertiary/aromatic N) is 1. The number of rotatable bonds is 3. The van der Waals surface area contributed by atoms with Gasteiger partial charge >= 0.3 is 0 Å². The fraction of sp³-hybridized carbons (Fsp3) is 0.214. The molecular formula is C14H12BrNO2S. The summed E-state index contributed by atoms with van der Waals surface area (Å²) in [7, 11) is 0. The van der Waals surface area contributed by atoms with Crippen LogP contribution < -0.4 is 9.47 Å². The molecule has 3 rings (SSSR count). The number of benzene rings is 1. The van der Waals surface area contributed by atoms with Crippen LogP contribution in [0.1, 0.15) is 5.56 Å². The number of aromatic nitrogens is 1. The first-order valence-corrected chi connectivity index (χ1v) is 7.71. The molecule has 3 nitrogen and oxygen atoms in total. The number of ether oxygens (including phenoxy) is 2. The van der Waals surface area contributed by atoms with Crippen molar-refractivity contribution in [2.24, 2.45) is 0 Å². The lowest BCUT2D eigenvalue weighted by atomic mass is 10.3. The van der Waals surface area contributed by atoms with Crippen LogP contribution in [0.25, 0.3) is 0 Å². The van der Waals surface area contributed by atoms with E-state index in [2.05, 4.69) is 33.0 Å². The maximum absolute atomic E-state index is 5.58. The minimum Gasteiger partial charge on any atom is -0.486 e. The predicted octanol–water partition coefficient (Wildman–Crippen LogP) is 3.91. The quantitative estimate of drug-likeness (QED) is 0.794. The molecule has 0 bridgehead atoms. The Kier molecular flexibility index (Phi) is 3.94. The molecule has 19 heavy (non-hydrogen) atoms. The Morgan fingerprint density at radius 3 is 2.79 bits per heavy atom. The van der Waals surface area contributed by atoms with Crippen LogP contribution in [0, 0.1) is 0 Å². The first-order valence-electron chi connectivity index (χ1n) is 5.93. The first kappa shape index (κ1) is 12.8. The molecule has 2 heterocycles. The van der Waals surface area contributed by atoms with E-state index in [1.54, 1.807) is 18.0 Å². The summed E-state index contributed by atoms with van der Waals surface area (Å²) in [6.45, 7) is 1.25. The van der Waals surface area contributed by atoms with Crippen molar-refractivity contribution >= 4 is 27.7 Å². The predicted molar refractivity (Wildman–Crippen MR) is 78.9 cm³/mol. The van der Waals surface area contributed by atoms with Gasteiger partial charge in [-0.05, 0) is 45.8 Å². The number of halogens is 1. The average molecular weight is 338 g/mol. The van der Waals surface area contributed by atoms with E-state index in [9.17, 15) is 0 Å². The second kappa shape index (κ2) is 5.84. The van der Waals surface area contributed by atoms with Crippen LogP contribution in [0.4, 0.5) is 0 Å². The van der Waals surface area contributed by atoms with Gasteiger partial charge in [-0.1, -0.05) is 0 Å². The molecule has 0 amide bonds. The smallest absolute Gasteiger partial charge is 0.162 e. The van der Waals surface area contributed by atoms with Gasteiger partial charge in [0.25, 0.3) is 0 Å². The molecule has 0 fully saturated rings. The summed E-state index contributed by atoms with van der Waals surface area (Å²) in [6.07, 6.45) is 3.67. The van der Waals surface area contributed by atoms with Crippen LogP contribution in [0.5, 0.6) is 11.5 Å². The highest BCUT2D eigenvalue weighted by Gasteiger charge is 2.11.